The van der Waals surface area contributed by atoms with Crippen LogP contribution in [0.4, 0.5) is 4.39 Å². The second kappa shape index (κ2) is 8.46. The van der Waals surface area contributed by atoms with Gasteiger partial charge in [-0.05, 0) is 41.7 Å². The molecule has 0 bridgehead atoms. The zero-order valence-electron chi connectivity index (χ0n) is 14.0. The lowest BCUT2D eigenvalue weighted by atomic mass is 9.78. The number of benzene rings is 2. The normalized spacial score (nSPS) is 15.8. The second-order valence-corrected chi connectivity index (χ2v) is 5.99. The first kappa shape index (κ1) is 18.7. The van der Waals surface area contributed by atoms with Gasteiger partial charge in [-0.15, -0.1) is 24.0 Å². The lowest BCUT2D eigenvalue weighted by Gasteiger charge is -2.30. The van der Waals surface area contributed by atoms with E-state index in [0.29, 0.717) is 18.0 Å². The molecule has 2 aromatic carbocycles. The summed E-state index contributed by atoms with van der Waals surface area (Å²) < 4.78 is 13.3. The predicted molar refractivity (Wildman–Crippen MR) is 108 cm³/mol. The van der Waals surface area contributed by atoms with Crippen LogP contribution in [0.15, 0.2) is 47.5 Å². The van der Waals surface area contributed by atoms with Crippen LogP contribution in [-0.4, -0.2) is 19.6 Å². The van der Waals surface area contributed by atoms with E-state index in [1.807, 2.05) is 6.07 Å². The van der Waals surface area contributed by atoms with Crippen LogP contribution < -0.4 is 10.6 Å². The Morgan fingerprint density at radius 1 is 1.21 bits per heavy atom. The Balaban J connectivity index is 0.00000208. The van der Waals surface area contributed by atoms with Crippen molar-refractivity contribution in [1.29, 1.82) is 0 Å². The minimum absolute atomic E-state index is 0. The van der Waals surface area contributed by atoms with Crippen LogP contribution in [-0.2, 0) is 13.0 Å². The average molecular weight is 439 g/mol. The van der Waals surface area contributed by atoms with E-state index >= 15 is 0 Å². The number of nitrogens with zero attached hydrogens (tertiary/aromatic N) is 1. The molecular formula is C19H23FIN3. The minimum Gasteiger partial charge on any atom is -0.356 e. The molecule has 3 nitrogen and oxygen atoms in total. The molecule has 1 atom stereocenters. The molecule has 1 aliphatic rings. The summed E-state index contributed by atoms with van der Waals surface area (Å²) >= 11 is 0. The molecule has 0 radical (unpaired) electrons. The van der Waals surface area contributed by atoms with E-state index < -0.39 is 0 Å². The largest absolute Gasteiger partial charge is 0.356 e. The SMILES string of the molecule is CN=C(NCc1ccc(F)c(C)c1)NCC1Cc2ccccc21.I. The van der Waals surface area contributed by atoms with Crippen LogP contribution >= 0.6 is 24.0 Å². The molecule has 0 heterocycles. The highest BCUT2D eigenvalue weighted by Crippen LogP contribution is 2.33. The van der Waals surface area contributed by atoms with Gasteiger partial charge in [0.15, 0.2) is 5.96 Å². The van der Waals surface area contributed by atoms with E-state index in [1.54, 1.807) is 20.0 Å². The van der Waals surface area contributed by atoms with Crippen LogP contribution in [0.5, 0.6) is 0 Å². The molecule has 0 spiro atoms. The summed E-state index contributed by atoms with van der Waals surface area (Å²) in [6.45, 7) is 3.28. The number of nitrogens with one attached hydrogen (secondary N) is 2. The van der Waals surface area contributed by atoms with Crippen LogP contribution in [0, 0.1) is 12.7 Å². The fourth-order valence-corrected chi connectivity index (χ4v) is 2.99. The lowest BCUT2D eigenvalue weighted by Crippen LogP contribution is -2.40. The third kappa shape index (κ3) is 4.26. The van der Waals surface area contributed by atoms with Crippen LogP contribution in [0.2, 0.25) is 0 Å². The number of fused-ring (bicyclic) bond motifs is 1. The van der Waals surface area contributed by atoms with Gasteiger partial charge in [-0.1, -0.05) is 36.4 Å². The van der Waals surface area contributed by atoms with Crippen molar-refractivity contribution < 1.29 is 4.39 Å². The Kier molecular flexibility index (Phi) is 6.60. The quantitative estimate of drug-likeness (QED) is 0.433. The topological polar surface area (TPSA) is 36.4 Å². The van der Waals surface area contributed by atoms with E-state index in [4.69, 9.17) is 0 Å². The Hall–Kier alpha value is -1.63. The maximum atomic E-state index is 13.3. The van der Waals surface area contributed by atoms with E-state index in [9.17, 15) is 4.39 Å². The molecule has 5 heteroatoms. The minimum atomic E-state index is -0.167. The Morgan fingerprint density at radius 3 is 2.71 bits per heavy atom. The van der Waals surface area contributed by atoms with E-state index in [-0.39, 0.29) is 29.8 Å². The van der Waals surface area contributed by atoms with Gasteiger partial charge in [0, 0.05) is 26.1 Å². The molecule has 3 rings (SSSR count). The molecule has 0 aliphatic heterocycles. The number of hydrogen-bond donors (Lipinski definition) is 2. The molecule has 128 valence electrons. The van der Waals surface area contributed by atoms with Gasteiger partial charge < -0.3 is 10.6 Å². The van der Waals surface area contributed by atoms with Crippen molar-refractivity contribution in [3.8, 4) is 0 Å². The third-order valence-corrected chi connectivity index (χ3v) is 4.38. The van der Waals surface area contributed by atoms with Crippen molar-refractivity contribution in [1.82, 2.24) is 10.6 Å². The molecule has 2 N–H and O–H groups in total. The number of aliphatic imine (C=N–C) groups is 1. The van der Waals surface area contributed by atoms with Gasteiger partial charge in [0.25, 0.3) is 0 Å². The summed E-state index contributed by atoms with van der Waals surface area (Å²) in [6, 6.07) is 13.7. The summed E-state index contributed by atoms with van der Waals surface area (Å²) in [5.41, 5.74) is 4.59. The standard InChI is InChI=1S/C19H22FN3.HI/c1-13-9-14(7-8-18(13)20)11-22-19(21-2)23-12-16-10-15-5-3-4-6-17(15)16;/h3-9,16H,10-12H2,1-2H3,(H2,21,22,23);1H. The number of hydrogen-bond acceptors (Lipinski definition) is 1. The first-order chi connectivity index (χ1) is 11.2. The molecule has 24 heavy (non-hydrogen) atoms. The third-order valence-electron chi connectivity index (χ3n) is 4.38. The van der Waals surface area contributed by atoms with Gasteiger partial charge in [-0.25, -0.2) is 4.39 Å². The van der Waals surface area contributed by atoms with Crippen molar-refractivity contribution in [3.05, 3.63) is 70.5 Å². The van der Waals surface area contributed by atoms with Crippen molar-refractivity contribution in [2.75, 3.05) is 13.6 Å². The monoisotopic (exact) mass is 439 g/mol. The summed E-state index contributed by atoms with van der Waals surface area (Å²) in [5.74, 6) is 1.16. The summed E-state index contributed by atoms with van der Waals surface area (Å²) in [6.07, 6.45) is 1.12. The first-order valence-corrected chi connectivity index (χ1v) is 7.94. The van der Waals surface area contributed by atoms with Crippen molar-refractivity contribution in [2.45, 2.75) is 25.8 Å². The highest BCUT2D eigenvalue weighted by molar-refractivity contribution is 14.0. The van der Waals surface area contributed by atoms with Gasteiger partial charge in [0.2, 0.25) is 0 Å². The fraction of sp³-hybridized carbons (Fsp3) is 0.316. The molecular weight excluding hydrogens is 416 g/mol. The molecule has 0 saturated carbocycles. The Labute approximate surface area is 159 Å². The van der Waals surface area contributed by atoms with E-state index in [1.165, 1.54) is 17.2 Å². The summed E-state index contributed by atoms with van der Waals surface area (Å²) in [7, 11) is 1.76. The summed E-state index contributed by atoms with van der Waals surface area (Å²) in [5, 5.41) is 6.65. The van der Waals surface area contributed by atoms with Gasteiger partial charge >= 0.3 is 0 Å². The summed E-state index contributed by atoms with van der Waals surface area (Å²) in [4.78, 5) is 4.25. The molecule has 0 amide bonds. The first-order valence-electron chi connectivity index (χ1n) is 7.94. The lowest BCUT2D eigenvalue weighted by molar-refractivity contribution is 0.583. The van der Waals surface area contributed by atoms with Crippen molar-refractivity contribution in [3.63, 3.8) is 0 Å². The average Bonchev–Trinajstić information content (AvgIpc) is 2.54. The zero-order valence-corrected chi connectivity index (χ0v) is 16.3. The highest BCUT2D eigenvalue weighted by atomic mass is 127. The molecule has 1 unspecified atom stereocenters. The second-order valence-electron chi connectivity index (χ2n) is 5.99. The number of rotatable bonds is 4. The van der Waals surface area contributed by atoms with Gasteiger partial charge in [-0.2, -0.15) is 0 Å². The van der Waals surface area contributed by atoms with Gasteiger partial charge in [0.05, 0.1) is 0 Å². The van der Waals surface area contributed by atoms with Crippen LogP contribution in [0.1, 0.15) is 28.2 Å². The maximum Gasteiger partial charge on any atom is 0.191 e. The molecule has 0 aromatic heterocycles. The Bertz CT molecular complexity index is 730. The van der Waals surface area contributed by atoms with Gasteiger partial charge in [0.1, 0.15) is 5.82 Å². The Morgan fingerprint density at radius 2 is 2.00 bits per heavy atom. The molecule has 0 fully saturated rings. The number of aryl methyl sites for hydroxylation is 1. The van der Waals surface area contributed by atoms with Gasteiger partial charge in [-0.3, -0.25) is 4.99 Å². The van der Waals surface area contributed by atoms with E-state index in [0.717, 1.165) is 24.5 Å². The van der Waals surface area contributed by atoms with Crippen LogP contribution in [0.3, 0.4) is 0 Å². The van der Waals surface area contributed by atoms with Crippen LogP contribution in [0.25, 0.3) is 0 Å². The molecule has 1 aliphatic carbocycles. The molecule has 0 saturated heterocycles. The predicted octanol–water partition coefficient (Wildman–Crippen LogP) is 3.76. The smallest absolute Gasteiger partial charge is 0.191 e. The number of guanidine groups is 1. The van der Waals surface area contributed by atoms with E-state index in [2.05, 4.69) is 39.9 Å². The van der Waals surface area contributed by atoms with Crippen molar-refractivity contribution >= 4 is 29.9 Å². The molecule has 2 aromatic rings. The zero-order chi connectivity index (χ0) is 16.2. The highest BCUT2D eigenvalue weighted by Gasteiger charge is 2.25. The maximum absolute atomic E-state index is 13.3. The number of halogens is 2. The van der Waals surface area contributed by atoms with Crippen molar-refractivity contribution in [2.24, 2.45) is 4.99 Å². The fourth-order valence-electron chi connectivity index (χ4n) is 2.99.